The van der Waals surface area contributed by atoms with E-state index in [0.29, 0.717) is 0 Å². The van der Waals surface area contributed by atoms with Crippen LogP contribution >= 0.6 is 11.8 Å². The van der Waals surface area contributed by atoms with Crippen molar-refractivity contribution in [1.82, 2.24) is 0 Å². The molecule has 0 aromatic heterocycles. The fourth-order valence-electron chi connectivity index (χ4n) is 2.11. The predicted octanol–water partition coefficient (Wildman–Crippen LogP) is 4.00. The lowest BCUT2D eigenvalue weighted by molar-refractivity contribution is 1.12. The van der Waals surface area contributed by atoms with Gasteiger partial charge in [0.05, 0.1) is 11.4 Å². The minimum absolute atomic E-state index is 1.14. The third-order valence-electron chi connectivity index (χ3n) is 3.24. The first-order chi connectivity index (χ1) is 9.17. The fraction of sp³-hybridized carbons (Fsp3) is 0.200. The molecule has 0 bridgehead atoms. The Balaban J connectivity index is 2.00. The molecule has 1 aliphatic heterocycles. The second-order valence-corrected chi connectivity index (χ2v) is 5.85. The van der Waals surface area contributed by atoms with Crippen molar-refractivity contribution < 1.29 is 0 Å². The Morgan fingerprint density at radius 1 is 1.00 bits per heavy atom. The van der Waals surface area contributed by atoms with Crippen LogP contribution in [-0.2, 0) is 0 Å². The van der Waals surface area contributed by atoms with Crippen LogP contribution in [0.1, 0.15) is 0 Å². The van der Waals surface area contributed by atoms with Gasteiger partial charge >= 0.3 is 0 Å². The highest BCUT2D eigenvalue weighted by Gasteiger charge is 2.16. The molecule has 3 rings (SSSR count). The van der Waals surface area contributed by atoms with E-state index >= 15 is 0 Å². The summed E-state index contributed by atoms with van der Waals surface area (Å²) in [4.78, 5) is 4.66. The van der Waals surface area contributed by atoms with Gasteiger partial charge in [0.25, 0.3) is 0 Å². The monoisotopic (exact) mass is 271 g/mol. The second-order valence-electron chi connectivity index (χ2n) is 4.76. The second kappa shape index (κ2) is 4.70. The minimum atomic E-state index is 1.14. The molecule has 98 valence electrons. The predicted molar refractivity (Wildman–Crippen MR) is 84.2 cm³/mol. The summed E-state index contributed by atoms with van der Waals surface area (Å²) < 4.78 is 0. The van der Waals surface area contributed by atoms with Crippen LogP contribution in [0.25, 0.3) is 0 Å². The molecule has 2 N–H and O–H groups in total. The number of nitrogens with zero attached hydrogens (tertiary/aromatic N) is 1. The van der Waals surface area contributed by atoms with Crippen molar-refractivity contribution in [2.24, 2.45) is 0 Å². The van der Waals surface area contributed by atoms with E-state index in [9.17, 15) is 0 Å². The van der Waals surface area contributed by atoms with Crippen molar-refractivity contribution >= 4 is 34.5 Å². The van der Waals surface area contributed by atoms with Crippen molar-refractivity contribution in [2.45, 2.75) is 9.79 Å². The highest BCUT2D eigenvalue weighted by molar-refractivity contribution is 7.99. The Bertz CT molecular complexity index is 623. The molecule has 0 radical (unpaired) electrons. The number of benzene rings is 2. The van der Waals surface area contributed by atoms with E-state index in [1.807, 2.05) is 18.8 Å². The van der Waals surface area contributed by atoms with Gasteiger partial charge in [-0.25, -0.2) is 0 Å². The van der Waals surface area contributed by atoms with Gasteiger partial charge in [-0.2, -0.15) is 0 Å². The van der Waals surface area contributed by atoms with Crippen LogP contribution in [0.3, 0.4) is 0 Å². The topological polar surface area (TPSA) is 27.3 Å². The summed E-state index contributed by atoms with van der Waals surface area (Å²) >= 11 is 1.81. The van der Waals surface area contributed by atoms with Gasteiger partial charge in [-0.15, -0.1) is 0 Å². The van der Waals surface area contributed by atoms with Gasteiger partial charge in [-0.3, -0.25) is 0 Å². The van der Waals surface area contributed by atoms with Crippen LogP contribution in [0, 0.1) is 0 Å². The van der Waals surface area contributed by atoms with Gasteiger partial charge in [0.2, 0.25) is 0 Å². The zero-order chi connectivity index (χ0) is 13.4. The Hall–Kier alpha value is -1.81. The Labute approximate surface area is 118 Å². The van der Waals surface area contributed by atoms with Crippen molar-refractivity contribution in [3.63, 3.8) is 0 Å². The molecule has 0 saturated carbocycles. The number of fused-ring (bicyclic) bond motifs is 2. The number of anilines is 4. The number of hydrogen-bond acceptors (Lipinski definition) is 4. The van der Waals surface area contributed by atoms with E-state index in [1.165, 1.54) is 26.9 Å². The molecule has 2 aromatic rings. The van der Waals surface area contributed by atoms with Crippen LogP contribution in [0.15, 0.2) is 46.2 Å². The largest absolute Gasteiger partial charge is 0.388 e. The molecule has 0 fully saturated rings. The summed E-state index contributed by atoms with van der Waals surface area (Å²) in [6.45, 7) is 0. The molecular weight excluding hydrogens is 254 g/mol. The first kappa shape index (κ1) is 12.2. The van der Waals surface area contributed by atoms with Crippen LogP contribution in [0.5, 0.6) is 0 Å². The molecule has 19 heavy (non-hydrogen) atoms. The van der Waals surface area contributed by atoms with Crippen molar-refractivity contribution in [2.75, 3.05) is 36.7 Å². The van der Waals surface area contributed by atoms with Crippen LogP contribution in [0.4, 0.5) is 22.7 Å². The zero-order valence-electron chi connectivity index (χ0n) is 11.3. The Morgan fingerprint density at radius 2 is 1.68 bits per heavy atom. The molecular formula is C15H17N3S. The Morgan fingerprint density at radius 3 is 2.37 bits per heavy atom. The molecule has 0 saturated heterocycles. The average Bonchev–Trinajstić information content (AvgIpc) is 2.43. The maximum atomic E-state index is 3.49. The third kappa shape index (κ3) is 2.24. The van der Waals surface area contributed by atoms with Gasteiger partial charge in [0.1, 0.15) is 0 Å². The summed E-state index contributed by atoms with van der Waals surface area (Å²) in [5, 5.41) is 6.67. The van der Waals surface area contributed by atoms with Gasteiger partial charge in [-0.05, 0) is 36.4 Å². The fourth-order valence-corrected chi connectivity index (χ4v) is 3.17. The molecule has 0 amide bonds. The number of hydrogen-bond donors (Lipinski definition) is 2. The normalized spacial score (nSPS) is 12.2. The van der Waals surface area contributed by atoms with Crippen LogP contribution < -0.4 is 15.5 Å². The number of nitrogens with one attached hydrogen (secondary N) is 2. The summed E-state index contributed by atoms with van der Waals surface area (Å²) in [7, 11) is 6.08. The quantitative estimate of drug-likeness (QED) is 0.736. The molecule has 1 heterocycles. The maximum absolute atomic E-state index is 3.49. The van der Waals surface area contributed by atoms with Crippen molar-refractivity contribution in [3.05, 3.63) is 36.4 Å². The molecule has 0 atom stereocenters. The smallest absolute Gasteiger partial charge is 0.0527 e. The van der Waals surface area contributed by atoms with Crippen LogP contribution in [-0.4, -0.2) is 21.1 Å². The van der Waals surface area contributed by atoms with E-state index in [0.717, 1.165) is 5.69 Å². The van der Waals surface area contributed by atoms with E-state index in [4.69, 9.17) is 0 Å². The molecule has 0 aliphatic carbocycles. The summed E-state index contributed by atoms with van der Waals surface area (Å²) in [6, 6.07) is 12.9. The summed E-state index contributed by atoms with van der Waals surface area (Å²) in [5.74, 6) is 0. The lowest BCUT2D eigenvalue weighted by atomic mass is 10.2. The van der Waals surface area contributed by atoms with Gasteiger partial charge in [0, 0.05) is 42.3 Å². The first-order valence-electron chi connectivity index (χ1n) is 6.25. The minimum Gasteiger partial charge on any atom is -0.388 e. The van der Waals surface area contributed by atoms with Crippen molar-refractivity contribution in [1.29, 1.82) is 0 Å². The Kier molecular flexibility index (Phi) is 3.03. The molecule has 0 spiro atoms. The SMILES string of the molecule is CNc1ccc2c(c1)Sc1cc(N(C)C)ccc1N2. The van der Waals surface area contributed by atoms with E-state index in [-0.39, 0.29) is 0 Å². The van der Waals surface area contributed by atoms with Crippen LogP contribution in [0.2, 0.25) is 0 Å². The zero-order valence-corrected chi connectivity index (χ0v) is 12.1. The van der Waals surface area contributed by atoms with E-state index in [2.05, 4.69) is 66.0 Å². The highest BCUT2D eigenvalue weighted by atomic mass is 32.2. The van der Waals surface area contributed by atoms with Gasteiger partial charge in [-0.1, -0.05) is 11.8 Å². The lowest BCUT2D eigenvalue weighted by Gasteiger charge is -2.23. The molecule has 1 aliphatic rings. The average molecular weight is 271 g/mol. The maximum Gasteiger partial charge on any atom is 0.0527 e. The van der Waals surface area contributed by atoms with Crippen molar-refractivity contribution in [3.8, 4) is 0 Å². The van der Waals surface area contributed by atoms with Gasteiger partial charge < -0.3 is 15.5 Å². The van der Waals surface area contributed by atoms with E-state index in [1.54, 1.807) is 0 Å². The highest BCUT2D eigenvalue weighted by Crippen LogP contribution is 2.46. The molecule has 2 aromatic carbocycles. The first-order valence-corrected chi connectivity index (χ1v) is 7.07. The van der Waals surface area contributed by atoms with E-state index < -0.39 is 0 Å². The molecule has 0 unspecified atom stereocenters. The molecule has 3 nitrogen and oxygen atoms in total. The summed E-state index contributed by atoms with van der Waals surface area (Å²) in [5.41, 5.74) is 4.72. The third-order valence-corrected chi connectivity index (χ3v) is 4.36. The molecule has 4 heteroatoms. The number of rotatable bonds is 2. The van der Waals surface area contributed by atoms with Gasteiger partial charge in [0.15, 0.2) is 0 Å². The summed E-state index contributed by atoms with van der Waals surface area (Å²) in [6.07, 6.45) is 0. The standard InChI is InChI=1S/C15H17N3S/c1-16-10-4-6-12-14(8-10)19-15-9-11(18(2)3)5-7-13(15)17-12/h4-9,16-17H,1-3H3. The lowest BCUT2D eigenvalue weighted by Crippen LogP contribution is -2.09.